The summed E-state index contributed by atoms with van der Waals surface area (Å²) in [6.07, 6.45) is 10.3. The highest BCUT2D eigenvalue weighted by Crippen LogP contribution is 2.48. The molecule has 8 nitrogen and oxygen atoms in total. The normalized spacial score (nSPS) is 28.6. The average molecular weight is 386 g/mol. The van der Waals surface area contributed by atoms with Crippen LogP contribution in [-0.2, 0) is 16.1 Å². The van der Waals surface area contributed by atoms with E-state index in [0.717, 1.165) is 25.7 Å². The van der Waals surface area contributed by atoms with Crippen molar-refractivity contribution in [2.75, 3.05) is 5.32 Å². The lowest BCUT2D eigenvalue weighted by molar-refractivity contribution is -0.146. The van der Waals surface area contributed by atoms with Gasteiger partial charge in [0.15, 0.2) is 5.69 Å². The Morgan fingerprint density at radius 3 is 2.50 bits per heavy atom. The van der Waals surface area contributed by atoms with Crippen LogP contribution in [0.1, 0.15) is 49.5 Å². The predicted molar refractivity (Wildman–Crippen MR) is 102 cm³/mol. The number of carboxylic acid groups (broad SMARTS) is 1. The van der Waals surface area contributed by atoms with Crippen molar-refractivity contribution in [3.05, 3.63) is 24.0 Å². The molecule has 150 valence electrons. The molecule has 3 aliphatic carbocycles. The van der Waals surface area contributed by atoms with Crippen LogP contribution in [0.2, 0.25) is 0 Å². The Morgan fingerprint density at radius 2 is 1.86 bits per heavy atom. The third-order valence-electron chi connectivity index (χ3n) is 6.30. The van der Waals surface area contributed by atoms with Crippen LogP contribution in [0.3, 0.4) is 0 Å². The number of aromatic nitrogens is 2. The summed E-state index contributed by atoms with van der Waals surface area (Å²) in [5.41, 5.74) is 0.533. The van der Waals surface area contributed by atoms with Gasteiger partial charge in [0.1, 0.15) is 0 Å². The molecule has 2 fully saturated rings. The predicted octanol–water partition coefficient (Wildman–Crippen LogP) is 2.04. The summed E-state index contributed by atoms with van der Waals surface area (Å²) in [7, 11) is 0. The number of rotatable bonds is 6. The molecule has 3 aliphatic rings. The molecule has 2 amide bonds. The Labute approximate surface area is 163 Å². The molecule has 4 atom stereocenters. The van der Waals surface area contributed by atoms with Gasteiger partial charge >= 0.3 is 5.97 Å². The number of carbonyl (C=O) groups excluding carboxylic acids is 2. The van der Waals surface area contributed by atoms with E-state index in [9.17, 15) is 19.5 Å². The minimum Gasteiger partial charge on any atom is -0.481 e. The number of nitrogens with zero attached hydrogens (tertiary/aromatic N) is 2. The average Bonchev–Trinajstić information content (AvgIpc) is 3.44. The molecule has 0 spiro atoms. The summed E-state index contributed by atoms with van der Waals surface area (Å²) in [5, 5.41) is 19.7. The lowest BCUT2D eigenvalue weighted by Crippen LogP contribution is -2.37. The van der Waals surface area contributed by atoms with Crippen molar-refractivity contribution in [2.24, 2.45) is 23.7 Å². The topological polar surface area (TPSA) is 113 Å². The summed E-state index contributed by atoms with van der Waals surface area (Å²) in [6.45, 7) is 2.46. The molecule has 2 bridgehead atoms. The van der Waals surface area contributed by atoms with Gasteiger partial charge in [0, 0.05) is 18.8 Å². The van der Waals surface area contributed by atoms with Crippen molar-refractivity contribution in [2.45, 2.75) is 51.6 Å². The molecule has 1 heterocycles. The molecular weight excluding hydrogens is 360 g/mol. The molecule has 28 heavy (non-hydrogen) atoms. The molecule has 0 unspecified atom stereocenters. The van der Waals surface area contributed by atoms with Crippen LogP contribution in [0.4, 0.5) is 5.69 Å². The highest BCUT2D eigenvalue weighted by molar-refractivity contribution is 6.03. The summed E-state index contributed by atoms with van der Waals surface area (Å²) in [5.74, 6) is -3.09. The first-order valence-electron chi connectivity index (χ1n) is 10.1. The number of nitrogens with one attached hydrogen (secondary N) is 2. The van der Waals surface area contributed by atoms with E-state index in [-0.39, 0.29) is 35.4 Å². The maximum atomic E-state index is 13.0. The van der Waals surface area contributed by atoms with Crippen LogP contribution < -0.4 is 10.6 Å². The van der Waals surface area contributed by atoms with Crippen molar-refractivity contribution >= 4 is 23.5 Å². The van der Waals surface area contributed by atoms with Gasteiger partial charge < -0.3 is 15.7 Å². The van der Waals surface area contributed by atoms with E-state index in [0.29, 0.717) is 18.7 Å². The van der Waals surface area contributed by atoms with Gasteiger partial charge in [-0.05, 0) is 38.0 Å². The second-order valence-corrected chi connectivity index (χ2v) is 8.03. The van der Waals surface area contributed by atoms with Crippen LogP contribution in [0.15, 0.2) is 18.3 Å². The SMILES string of the molecule is CCn1cc(NC(=O)[C@@H]2[C@@H](C(=O)O)[C@H]3C=C[C@H]2C3)c(C(=O)NC2CCCC2)n1. The highest BCUT2D eigenvalue weighted by Gasteiger charge is 2.51. The molecule has 1 aromatic heterocycles. The molecule has 0 aromatic carbocycles. The molecular formula is C20H26N4O4. The number of aryl methyl sites for hydroxylation is 1. The van der Waals surface area contributed by atoms with Crippen molar-refractivity contribution in [1.29, 1.82) is 0 Å². The number of hydrogen-bond acceptors (Lipinski definition) is 4. The van der Waals surface area contributed by atoms with Crippen molar-refractivity contribution < 1.29 is 19.5 Å². The quantitative estimate of drug-likeness (QED) is 0.648. The Balaban J connectivity index is 1.53. The zero-order valence-corrected chi connectivity index (χ0v) is 15.9. The van der Waals surface area contributed by atoms with Gasteiger partial charge in [0.2, 0.25) is 5.91 Å². The lowest BCUT2D eigenvalue weighted by Gasteiger charge is -2.23. The van der Waals surface area contributed by atoms with Crippen LogP contribution >= 0.6 is 0 Å². The summed E-state index contributed by atoms with van der Waals surface area (Å²) in [4.78, 5) is 37.4. The summed E-state index contributed by atoms with van der Waals surface area (Å²) in [6, 6.07) is 0.148. The monoisotopic (exact) mass is 386 g/mol. The van der Waals surface area contributed by atoms with E-state index in [1.807, 2.05) is 19.1 Å². The molecule has 0 aliphatic heterocycles. The van der Waals surface area contributed by atoms with E-state index in [1.54, 1.807) is 10.9 Å². The minimum absolute atomic E-state index is 0.0666. The van der Waals surface area contributed by atoms with E-state index < -0.39 is 17.8 Å². The fourth-order valence-electron chi connectivity index (χ4n) is 4.90. The first-order chi connectivity index (χ1) is 13.5. The van der Waals surface area contributed by atoms with Crippen LogP contribution in [-0.4, -0.2) is 38.7 Å². The molecule has 0 radical (unpaired) electrons. The maximum absolute atomic E-state index is 13.0. The van der Waals surface area contributed by atoms with Gasteiger partial charge in [-0.3, -0.25) is 19.1 Å². The number of amides is 2. The first-order valence-corrected chi connectivity index (χ1v) is 10.1. The second kappa shape index (κ2) is 7.41. The largest absolute Gasteiger partial charge is 0.481 e. The van der Waals surface area contributed by atoms with Crippen molar-refractivity contribution in [1.82, 2.24) is 15.1 Å². The molecule has 1 aromatic rings. The second-order valence-electron chi connectivity index (χ2n) is 8.03. The Morgan fingerprint density at radius 1 is 1.18 bits per heavy atom. The smallest absolute Gasteiger partial charge is 0.307 e. The number of aliphatic carboxylic acids is 1. The Kier molecular flexibility index (Phi) is 4.95. The number of carboxylic acids is 1. The van der Waals surface area contributed by atoms with Crippen LogP contribution in [0.5, 0.6) is 0 Å². The van der Waals surface area contributed by atoms with Gasteiger partial charge in [0.25, 0.3) is 5.91 Å². The van der Waals surface area contributed by atoms with Crippen LogP contribution in [0.25, 0.3) is 0 Å². The molecule has 4 rings (SSSR count). The van der Waals surface area contributed by atoms with Crippen LogP contribution in [0, 0.1) is 23.7 Å². The van der Waals surface area contributed by atoms with E-state index in [2.05, 4.69) is 15.7 Å². The number of anilines is 1. The summed E-state index contributed by atoms with van der Waals surface area (Å²) < 4.78 is 1.61. The molecule has 3 N–H and O–H groups in total. The van der Waals surface area contributed by atoms with Gasteiger partial charge in [-0.25, -0.2) is 0 Å². The highest BCUT2D eigenvalue weighted by atomic mass is 16.4. The minimum atomic E-state index is -0.944. The van der Waals surface area contributed by atoms with Gasteiger partial charge in [-0.2, -0.15) is 5.10 Å². The Bertz CT molecular complexity index is 824. The summed E-state index contributed by atoms with van der Waals surface area (Å²) >= 11 is 0. The van der Waals surface area contributed by atoms with E-state index in [1.165, 1.54) is 0 Å². The molecule has 0 saturated heterocycles. The first kappa shape index (κ1) is 18.7. The zero-order chi connectivity index (χ0) is 19.8. The number of carbonyl (C=O) groups is 3. The van der Waals surface area contributed by atoms with Crippen molar-refractivity contribution in [3.8, 4) is 0 Å². The number of allylic oxidation sites excluding steroid dienone is 2. The lowest BCUT2D eigenvalue weighted by atomic mass is 9.82. The van der Waals surface area contributed by atoms with Gasteiger partial charge in [-0.15, -0.1) is 0 Å². The van der Waals surface area contributed by atoms with Gasteiger partial charge in [0.05, 0.1) is 17.5 Å². The number of fused-ring (bicyclic) bond motifs is 2. The molecule has 8 heteroatoms. The third-order valence-corrected chi connectivity index (χ3v) is 6.30. The fourth-order valence-corrected chi connectivity index (χ4v) is 4.90. The fraction of sp³-hybridized carbons (Fsp3) is 0.600. The maximum Gasteiger partial charge on any atom is 0.307 e. The Hall–Kier alpha value is -2.64. The number of hydrogen-bond donors (Lipinski definition) is 3. The van der Waals surface area contributed by atoms with E-state index in [4.69, 9.17) is 0 Å². The van der Waals surface area contributed by atoms with E-state index >= 15 is 0 Å². The van der Waals surface area contributed by atoms with Gasteiger partial charge in [-0.1, -0.05) is 25.0 Å². The standard InChI is InChI=1S/C20H26N4O4/c1-2-24-10-14(17(23-24)19(26)21-13-5-3-4-6-13)22-18(25)15-11-7-8-12(9-11)16(15)20(27)28/h7-8,10-13,15-16H,2-6,9H2,1H3,(H,21,26)(H,22,25)(H,27,28)/t11-,12-,15-,16-/m0/s1. The zero-order valence-electron chi connectivity index (χ0n) is 15.9. The molecule has 2 saturated carbocycles. The van der Waals surface area contributed by atoms with Crippen molar-refractivity contribution in [3.63, 3.8) is 0 Å². The third kappa shape index (κ3) is 3.31.